The Labute approximate surface area is 441 Å². The first kappa shape index (κ1) is 55.0. The summed E-state index contributed by atoms with van der Waals surface area (Å²) in [6.07, 6.45) is 3.63. The van der Waals surface area contributed by atoms with Gasteiger partial charge >= 0.3 is 8.03 Å². The average Bonchev–Trinajstić information content (AvgIpc) is 3.98. The number of anilines is 1. The minimum absolute atomic E-state index is 0.00920. The predicted octanol–water partition coefficient (Wildman–Crippen LogP) is 17.5. The van der Waals surface area contributed by atoms with E-state index >= 15 is 0 Å². The van der Waals surface area contributed by atoms with Crippen molar-refractivity contribution in [3.8, 4) is 0 Å². The molecule has 0 aliphatic heterocycles. The lowest BCUT2D eigenvalue weighted by atomic mass is 10.1. The fourth-order valence-electron chi connectivity index (χ4n) is 8.19. The van der Waals surface area contributed by atoms with Gasteiger partial charge in [0.05, 0.1) is 19.4 Å². The van der Waals surface area contributed by atoms with Crippen molar-refractivity contribution in [3.05, 3.63) is 218 Å². The zero-order valence-corrected chi connectivity index (χ0v) is 45.9. The van der Waals surface area contributed by atoms with E-state index < -0.39 is 34.3 Å². The highest BCUT2D eigenvalue weighted by atomic mass is 35.5. The fourth-order valence-corrected chi connectivity index (χ4v) is 15.7. The van der Waals surface area contributed by atoms with Crippen LogP contribution in [0.25, 0.3) is 30.9 Å². The number of carbonyl (C=O) groups excluding carboxylic acids is 1. The molecule has 0 aliphatic carbocycles. The minimum Gasteiger partial charge on any atom is -0.343 e. The second kappa shape index (κ2) is 27.0. The van der Waals surface area contributed by atoms with Gasteiger partial charge in [-0.1, -0.05) is 145 Å². The number of amides is 1. The van der Waals surface area contributed by atoms with Crippen LogP contribution < -0.4 is 5.32 Å². The molecule has 2 N–H and O–H groups in total. The zero-order chi connectivity index (χ0) is 50.9. The summed E-state index contributed by atoms with van der Waals surface area (Å²) in [6.45, 7) is 4.76. The van der Waals surface area contributed by atoms with Crippen molar-refractivity contribution in [1.29, 1.82) is 0 Å². The predicted molar refractivity (Wildman–Crippen MR) is 306 cm³/mol. The summed E-state index contributed by atoms with van der Waals surface area (Å²) in [7, 11) is -8.15. The van der Waals surface area contributed by atoms with Crippen molar-refractivity contribution >= 4 is 111 Å². The van der Waals surface area contributed by atoms with E-state index in [0.717, 1.165) is 50.2 Å². The Kier molecular flexibility index (Phi) is 20.6. The molecule has 0 bridgehead atoms. The molecule has 4 unspecified atom stereocenters. The molecule has 15 heteroatoms. The van der Waals surface area contributed by atoms with Crippen LogP contribution in [0.2, 0.25) is 10.0 Å². The van der Waals surface area contributed by atoms with Crippen LogP contribution in [0.5, 0.6) is 0 Å². The second-order valence-corrected chi connectivity index (χ2v) is 26.2. The van der Waals surface area contributed by atoms with Crippen LogP contribution in [-0.2, 0) is 53.0 Å². The number of hydrogen-bond acceptors (Lipinski definition) is 8. The molecule has 0 radical (unpaired) electrons. The summed E-state index contributed by atoms with van der Waals surface area (Å²) in [5.74, 6) is -0.501. The maximum absolute atomic E-state index is 13.8. The van der Waals surface area contributed by atoms with Crippen LogP contribution in [0.3, 0.4) is 0 Å². The highest BCUT2D eigenvalue weighted by molar-refractivity contribution is 7.59. The van der Waals surface area contributed by atoms with Gasteiger partial charge in [-0.3, -0.25) is 13.9 Å². The van der Waals surface area contributed by atoms with Crippen LogP contribution in [0, 0.1) is 0 Å². The fraction of sp³-hybridized carbons (Fsp3) is 0.211. The smallest absolute Gasteiger partial charge is 0.343 e. The molecule has 72 heavy (non-hydrogen) atoms. The van der Waals surface area contributed by atoms with E-state index in [-0.39, 0.29) is 6.16 Å². The highest BCUT2D eigenvalue weighted by Crippen LogP contribution is 2.58. The number of nitrogens with one attached hydrogen (secondary N) is 1. The van der Waals surface area contributed by atoms with Gasteiger partial charge in [-0.2, -0.15) is 0 Å². The van der Waals surface area contributed by atoms with Crippen LogP contribution >= 0.6 is 68.6 Å². The number of hydrogen-bond donors (Lipinski definition) is 2. The quantitative estimate of drug-likeness (QED) is 0.0774. The summed E-state index contributed by atoms with van der Waals surface area (Å²) in [5.41, 5.74) is 4.33. The molecule has 0 saturated carbocycles. The van der Waals surface area contributed by atoms with Gasteiger partial charge in [0.15, 0.2) is 6.16 Å². The highest BCUT2D eigenvalue weighted by Gasteiger charge is 2.40. The summed E-state index contributed by atoms with van der Waals surface area (Å²) in [6, 6.07) is 54.5. The van der Waals surface area contributed by atoms with Gasteiger partial charge in [0.1, 0.15) is 5.66 Å². The Morgan fingerprint density at radius 3 is 1.79 bits per heavy atom. The van der Waals surface area contributed by atoms with Crippen molar-refractivity contribution in [2.75, 3.05) is 37.0 Å². The van der Waals surface area contributed by atoms with Gasteiger partial charge in [-0.15, -0.1) is 27.2 Å². The molecular weight excluding hydrogens is 1040 g/mol. The molecular formula is C57H57Cl2NO7P3S2+. The SMILES string of the molecule is CCOP(=O)(CCc1ccccc1)Cc1csc2ccc(Cl)cc12.CCO[P+](=O)CCc1ccccc1.O=C(Nc1ccc2ccccc2c1)C(c1csc2ccc(Cl)cc12)P(=O)(O)CCc1ccccc1. The Bertz CT molecular complexity index is 3300. The van der Waals surface area contributed by atoms with E-state index in [0.29, 0.717) is 59.4 Å². The maximum atomic E-state index is 13.8. The normalized spacial score (nSPS) is 13.5. The lowest BCUT2D eigenvalue weighted by molar-refractivity contribution is -0.116. The van der Waals surface area contributed by atoms with Gasteiger partial charge in [0.25, 0.3) is 0 Å². The number of thiophene rings is 2. The third-order valence-corrected chi connectivity index (χ3v) is 20.0. The maximum Gasteiger partial charge on any atom is 0.508 e. The van der Waals surface area contributed by atoms with E-state index in [1.807, 2.05) is 159 Å². The average molecular weight is 1100 g/mol. The van der Waals surface area contributed by atoms with E-state index in [1.165, 1.54) is 27.2 Å². The van der Waals surface area contributed by atoms with Crippen molar-refractivity contribution in [1.82, 2.24) is 0 Å². The second-order valence-electron chi connectivity index (χ2n) is 17.0. The van der Waals surface area contributed by atoms with Gasteiger partial charge in [-0.05, 0) is 140 Å². The van der Waals surface area contributed by atoms with Crippen LogP contribution in [0.15, 0.2) is 181 Å². The first-order valence-corrected chi connectivity index (χ1v) is 31.5. The lowest BCUT2D eigenvalue weighted by Gasteiger charge is -2.23. The molecule has 4 atom stereocenters. The number of rotatable bonds is 19. The first-order chi connectivity index (χ1) is 34.8. The molecule has 9 rings (SSSR count). The third-order valence-electron chi connectivity index (χ3n) is 11.8. The number of aryl methyl sites for hydroxylation is 3. The van der Waals surface area contributed by atoms with Crippen molar-refractivity contribution in [2.45, 2.75) is 44.9 Å². The van der Waals surface area contributed by atoms with Crippen LogP contribution in [-0.4, -0.2) is 42.5 Å². The van der Waals surface area contributed by atoms with E-state index in [1.54, 1.807) is 28.8 Å². The number of fused-ring (bicyclic) bond motifs is 3. The molecule has 2 aromatic heterocycles. The van der Waals surface area contributed by atoms with Gasteiger partial charge in [-0.25, -0.2) is 0 Å². The van der Waals surface area contributed by atoms with E-state index in [4.69, 9.17) is 32.2 Å². The van der Waals surface area contributed by atoms with Gasteiger partial charge in [0.2, 0.25) is 20.6 Å². The number of benzene rings is 7. The molecule has 9 aromatic rings. The molecule has 8 nitrogen and oxygen atoms in total. The Balaban J connectivity index is 0.000000177. The molecule has 0 fully saturated rings. The largest absolute Gasteiger partial charge is 0.508 e. The number of carbonyl (C=O) groups is 1. The zero-order valence-electron chi connectivity index (χ0n) is 40.1. The van der Waals surface area contributed by atoms with Gasteiger partial charge in [0, 0.05) is 43.9 Å². The number of halogens is 2. The van der Waals surface area contributed by atoms with Crippen molar-refractivity contribution in [3.63, 3.8) is 0 Å². The minimum atomic E-state index is -3.97. The van der Waals surface area contributed by atoms with E-state index in [2.05, 4.69) is 22.8 Å². The van der Waals surface area contributed by atoms with Crippen molar-refractivity contribution in [2.24, 2.45) is 0 Å². The van der Waals surface area contributed by atoms with Crippen molar-refractivity contribution < 1.29 is 32.4 Å². The summed E-state index contributed by atoms with van der Waals surface area (Å²) in [5, 5.41) is 11.9. The molecule has 0 aliphatic rings. The Hall–Kier alpha value is -4.79. The standard InChI is InChI=1S/C28H23ClNO3PS.C19H20ClO2PS.C10H14O2P/c29-22-11-13-26-24(17-22)25(18-35-26)27(34(32,33)15-14-19-6-2-1-3-7-19)28(31)30-23-12-10-20-8-4-5-9-21(20)16-23;1-2-22-23(21,11-10-15-6-4-3-5-7-15)13-16-14-24-19-9-8-17(20)12-18(16)19;1-2-12-13(11)9-8-10-6-4-3-5-7-10/h1-13,16-18,27H,14-15H2,(H,30,31)(H,32,33);3-9,12,14H,2,10-11,13H2,1H3;3-7H,2,8-9H2,1H3/q;;+1. The Morgan fingerprint density at radius 2 is 1.18 bits per heavy atom. The lowest BCUT2D eigenvalue weighted by Crippen LogP contribution is -2.22. The van der Waals surface area contributed by atoms with E-state index in [9.17, 15) is 23.4 Å². The molecule has 372 valence electrons. The first-order valence-electron chi connectivity index (χ1n) is 23.7. The van der Waals surface area contributed by atoms with Gasteiger partial charge < -0.3 is 14.7 Å². The summed E-state index contributed by atoms with van der Waals surface area (Å²) in [4.78, 5) is 25.0. The molecule has 1 amide bonds. The molecule has 7 aromatic carbocycles. The van der Waals surface area contributed by atoms with Crippen LogP contribution in [0.1, 0.15) is 47.3 Å². The summed E-state index contributed by atoms with van der Waals surface area (Å²) >= 11 is 15.5. The summed E-state index contributed by atoms with van der Waals surface area (Å²) < 4.78 is 51.1. The Morgan fingerprint density at radius 1 is 0.639 bits per heavy atom. The van der Waals surface area contributed by atoms with Crippen LogP contribution in [0.4, 0.5) is 5.69 Å². The molecule has 2 heterocycles. The topological polar surface area (TPSA) is 119 Å². The monoisotopic (exact) mass is 1090 g/mol. The molecule has 0 saturated heterocycles. The molecule has 0 spiro atoms. The third kappa shape index (κ3) is 15.9.